The first-order valence-electron chi connectivity index (χ1n) is 5.56. The molecule has 0 amide bonds. The Bertz CT molecular complexity index is 352. The number of hydrogen-bond acceptors (Lipinski definition) is 4. The molecule has 0 aromatic heterocycles. The molecular weight excluding hydrogens is 218 g/mol. The lowest BCUT2D eigenvalue weighted by atomic mass is 10.0. The van der Waals surface area contributed by atoms with Gasteiger partial charge in [0, 0.05) is 19.0 Å². The molecule has 17 heavy (non-hydrogen) atoms. The molecule has 0 saturated carbocycles. The van der Waals surface area contributed by atoms with E-state index in [9.17, 15) is 5.11 Å². The molecule has 1 aromatic rings. The standard InChI is InChI=1S/C12H19N3O2/c1-9(16)8-14-11(7-12(13)15-17)10-5-3-2-4-6-10/h2-6,9,11,14,16-17H,7-8H2,1H3,(H2,13,15). The maximum absolute atomic E-state index is 9.27. The maximum Gasteiger partial charge on any atom is 0.141 e. The number of nitrogens with two attached hydrogens (primary N) is 1. The van der Waals surface area contributed by atoms with Crippen LogP contribution in [0.4, 0.5) is 0 Å². The van der Waals surface area contributed by atoms with Crippen molar-refractivity contribution in [3.63, 3.8) is 0 Å². The molecule has 0 saturated heterocycles. The monoisotopic (exact) mass is 237 g/mol. The van der Waals surface area contributed by atoms with Crippen LogP contribution >= 0.6 is 0 Å². The van der Waals surface area contributed by atoms with Crippen LogP contribution < -0.4 is 11.1 Å². The Kier molecular flexibility index (Phi) is 5.45. The molecule has 0 aliphatic heterocycles. The van der Waals surface area contributed by atoms with Crippen LogP contribution in [0.5, 0.6) is 0 Å². The molecule has 2 unspecified atom stereocenters. The van der Waals surface area contributed by atoms with Crippen molar-refractivity contribution >= 4 is 5.84 Å². The summed E-state index contributed by atoms with van der Waals surface area (Å²) in [5, 5.41) is 24.0. The number of hydrogen-bond donors (Lipinski definition) is 4. The second-order valence-electron chi connectivity index (χ2n) is 4.02. The summed E-state index contributed by atoms with van der Waals surface area (Å²) in [5.74, 6) is 0.164. The molecule has 5 N–H and O–H groups in total. The first-order chi connectivity index (χ1) is 8.13. The molecular formula is C12H19N3O2. The summed E-state index contributed by atoms with van der Waals surface area (Å²) in [6, 6.07) is 9.65. The molecule has 0 bridgehead atoms. The van der Waals surface area contributed by atoms with Crippen LogP contribution in [-0.2, 0) is 0 Å². The number of rotatable bonds is 6. The average molecular weight is 237 g/mol. The van der Waals surface area contributed by atoms with Crippen molar-refractivity contribution in [1.29, 1.82) is 0 Å². The lowest BCUT2D eigenvalue weighted by molar-refractivity contribution is 0.186. The van der Waals surface area contributed by atoms with Crippen LogP contribution in [0.1, 0.15) is 24.9 Å². The fourth-order valence-corrected chi connectivity index (χ4v) is 1.56. The van der Waals surface area contributed by atoms with Gasteiger partial charge in [-0.15, -0.1) is 0 Å². The van der Waals surface area contributed by atoms with Gasteiger partial charge in [0.25, 0.3) is 0 Å². The van der Waals surface area contributed by atoms with E-state index in [0.717, 1.165) is 5.56 Å². The number of oxime groups is 1. The maximum atomic E-state index is 9.27. The summed E-state index contributed by atoms with van der Waals surface area (Å²) in [6.07, 6.45) is -0.0405. The van der Waals surface area contributed by atoms with Gasteiger partial charge in [-0.05, 0) is 12.5 Å². The summed E-state index contributed by atoms with van der Waals surface area (Å²) in [7, 11) is 0. The molecule has 1 aromatic carbocycles. The highest BCUT2D eigenvalue weighted by Gasteiger charge is 2.13. The number of nitrogens with zero attached hydrogens (tertiary/aromatic N) is 1. The van der Waals surface area contributed by atoms with E-state index in [-0.39, 0.29) is 11.9 Å². The lowest BCUT2D eigenvalue weighted by Gasteiger charge is -2.19. The first kappa shape index (κ1) is 13.5. The van der Waals surface area contributed by atoms with E-state index in [4.69, 9.17) is 10.9 Å². The molecule has 0 heterocycles. The topological polar surface area (TPSA) is 90.9 Å². The van der Waals surface area contributed by atoms with Crippen LogP contribution in [0.25, 0.3) is 0 Å². The Morgan fingerprint density at radius 3 is 2.59 bits per heavy atom. The zero-order valence-corrected chi connectivity index (χ0v) is 9.87. The average Bonchev–Trinajstić information content (AvgIpc) is 2.35. The second kappa shape index (κ2) is 6.88. The predicted molar refractivity (Wildman–Crippen MR) is 66.9 cm³/mol. The third-order valence-corrected chi connectivity index (χ3v) is 2.40. The Morgan fingerprint density at radius 1 is 1.41 bits per heavy atom. The molecule has 0 aliphatic carbocycles. The zero-order chi connectivity index (χ0) is 12.7. The van der Waals surface area contributed by atoms with Gasteiger partial charge in [0.05, 0.1) is 6.10 Å². The van der Waals surface area contributed by atoms with Crippen molar-refractivity contribution in [3.8, 4) is 0 Å². The molecule has 1 rings (SSSR count). The minimum atomic E-state index is -0.437. The Balaban J connectivity index is 2.72. The highest BCUT2D eigenvalue weighted by atomic mass is 16.4. The van der Waals surface area contributed by atoms with Crippen molar-refractivity contribution in [2.45, 2.75) is 25.5 Å². The number of aliphatic hydroxyl groups excluding tert-OH is 1. The summed E-state index contributed by atoms with van der Waals surface area (Å²) >= 11 is 0. The molecule has 0 fully saturated rings. The van der Waals surface area contributed by atoms with Crippen molar-refractivity contribution in [1.82, 2.24) is 5.32 Å². The van der Waals surface area contributed by atoms with Crippen molar-refractivity contribution < 1.29 is 10.3 Å². The van der Waals surface area contributed by atoms with E-state index in [1.54, 1.807) is 6.92 Å². The molecule has 5 nitrogen and oxygen atoms in total. The minimum Gasteiger partial charge on any atom is -0.409 e. The van der Waals surface area contributed by atoms with Crippen molar-refractivity contribution in [3.05, 3.63) is 35.9 Å². The summed E-state index contributed by atoms with van der Waals surface area (Å²) in [6.45, 7) is 2.16. The Morgan fingerprint density at radius 2 is 2.06 bits per heavy atom. The van der Waals surface area contributed by atoms with Crippen molar-refractivity contribution in [2.75, 3.05) is 6.54 Å². The van der Waals surface area contributed by atoms with Crippen LogP contribution in [0, 0.1) is 0 Å². The number of aliphatic hydroxyl groups is 1. The Labute approximate surface area is 101 Å². The predicted octanol–water partition coefficient (Wildman–Crippen LogP) is 0.835. The van der Waals surface area contributed by atoms with E-state index in [0.29, 0.717) is 13.0 Å². The molecule has 0 aliphatic rings. The molecule has 0 spiro atoms. The number of benzene rings is 1. The SMILES string of the molecule is CC(O)CNC(CC(N)=NO)c1ccccc1. The fourth-order valence-electron chi connectivity index (χ4n) is 1.56. The van der Waals surface area contributed by atoms with Crippen LogP contribution in [0.3, 0.4) is 0 Å². The third-order valence-electron chi connectivity index (χ3n) is 2.40. The smallest absolute Gasteiger partial charge is 0.141 e. The Hall–Kier alpha value is -1.59. The van der Waals surface area contributed by atoms with Crippen LogP contribution in [-0.4, -0.2) is 28.8 Å². The summed E-state index contributed by atoms with van der Waals surface area (Å²) in [4.78, 5) is 0. The van der Waals surface area contributed by atoms with E-state index < -0.39 is 6.10 Å². The van der Waals surface area contributed by atoms with E-state index in [2.05, 4.69) is 10.5 Å². The largest absolute Gasteiger partial charge is 0.409 e. The van der Waals surface area contributed by atoms with Gasteiger partial charge < -0.3 is 21.4 Å². The van der Waals surface area contributed by atoms with Crippen LogP contribution in [0.2, 0.25) is 0 Å². The molecule has 5 heteroatoms. The highest BCUT2D eigenvalue weighted by molar-refractivity contribution is 5.80. The van der Waals surface area contributed by atoms with E-state index in [1.807, 2.05) is 30.3 Å². The van der Waals surface area contributed by atoms with E-state index in [1.165, 1.54) is 0 Å². The first-order valence-corrected chi connectivity index (χ1v) is 5.56. The molecule has 94 valence electrons. The van der Waals surface area contributed by atoms with Crippen molar-refractivity contribution in [2.24, 2.45) is 10.9 Å². The van der Waals surface area contributed by atoms with Gasteiger partial charge in [-0.3, -0.25) is 0 Å². The van der Waals surface area contributed by atoms with Gasteiger partial charge >= 0.3 is 0 Å². The fraction of sp³-hybridized carbons (Fsp3) is 0.417. The summed E-state index contributed by atoms with van der Waals surface area (Å²) in [5.41, 5.74) is 6.56. The van der Waals surface area contributed by atoms with Crippen LogP contribution in [0.15, 0.2) is 35.5 Å². The number of amidine groups is 1. The van der Waals surface area contributed by atoms with E-state index >= 15 is 0 Å². The quantitative estimate of drug-likeness (QED) is 0.255. The van der Waals surface area contributed by atoms with Gasteiger partial charge in [0.1, 0.15) is 5.84 Å². The molecule has 2 atom stereocenters. The van der Waals surface area contributed by atoms with Gasteiger partial charge in [-0.2, -0.15) is 0 Å². The summed E-state index contributed by atoms with van der Waals surface area (Å²) < 4.78 is 0. The normalized spacial score (nSPS) is 15.5. The van der Waals surface area contributed by atoms with Gasteiger partial charge in [-0.25, -0.2) is 0 Å². The number of nitrogens with one attached hydrogen (secondary N) is 1. The zero-order valence-electron chi connectivity index (χ0n) is 9.87. The van der Waals surface area contributed by atoms with Gasteiger partial charge in [0.15, 0.2) is 0 Å². The minimum absolute atomic E-state index is 0.0679. The third kappa shape index (κ3) is 4.84. The van der Waals surface area contributed by atoms with Gasteiger partial charge in [0.2, 0.25) is 0 Å². The second-order valence-corrected chi connectivity index (χ2v) is 4.02. The van der Waals surface area contributed by atoms with Gasteiger partial charge in [-0.1, -0.05) is 35.5 Å². The lowest BCUT2D eigenvalue weighted by Crippen LogP contribution is -2.31. The highest BCUT2D eigenvalue weighted by Crippen LogP contribution is 2.16. The molecule has 0 radical (unpaired) electrons.